The van der Waals surface area contributed by atoms with Gasteiger partial charge >= 0.3 is 0 Å². The molecule has 0 saturated carbocycles. The summed E-state index contributed by atoms with van der Waals surface area (Å²) in [6.07, 6.45) is 9.94. The van der Waals surface area contributed by atoms with E-state index in [-0.39, 0.29) is 0 Å². The third-order valence-electron chi connectivity index (χ3n) is 5.25. The number of hydrogen-bond donors (Lipinski definition) is 1. The van der Waals surface area contributed by atoms with E-state index in [0.717, 1.165) is 52.3 Å². The predicted molar refractivity (Wildman–Crippen MR) is 140 cm³/mol. The van der Waals surface area contributed by atoms with Crippen LogP contribution in [0.3, 0.4) is 0 Å². The van der Waals surface area contributed by atoms with Gasteiger partial charge in [0, 0.05) is 11.9 Å². The fourth-order valence-electron chi connectivity index (χ4n) is 3.69. The van der Waals surface area contributed by atoms with Gasteiger partial charge in [-0.15, -0.1) is 0 Å². The summed E-state index contributed by atoms with van der Waals surface area (Å²) in [5.74, 6) is 1.19. The average Bonchev–Trinajstić information content (AvgIpc) is 3.24. The molecule has 0 aliphatic rings. The van der Waals surface area contributed by atoms with Gasteiger partial charge in [0.1, 0.15) is 11.3 Å². The summed E-state index contributed by atoms with van der Waals surface area (Å²) < 4.78 is 2.07. The lowest BCUT2D eigenvalue weighted by molar-refractivity contribution is 1.06. The number of fused-ring (bicyclic) bond motifs is 1. The summed E-state index contributed by atoms with van der Waals surface area (Å²) in [4.78, 5) is 14.2. The summed E-state index contributed by atoms with van der Waals surface area (Å²) in [6, 6.07) is 16.4. The van der Waals surface area contributed by atoms with E-state index in [1.807, 2.05) is 51.1 Å². The second kappa shape index (κ2) is 11.2. The van der Waals surface area contributed by atoms with E-state index in [4.69, 9.17) is 15.7 Å². The summed E-state index contributed by atoms with van der Waals surface area (Å²) in [7, 11) is 0. The third kappa shape index (κ3) is 5.03. The summed E-state index contributed by atoms with van der Waals surface area (Å²) in [6.45, 7) is 10.3. The Morgan fingerprint density at radius 1 is 1.00 bits per heavy atom. The van der Waals surface area contributed by atoms with E-state index in [0.29, 0.717) is 5.82 Å². The van der Waals surface area contributed by atoms with Gasteiger partial charge in [0.05, 0.1) is 11.3 Å². The number of benzene rings is 1. The molecule has 3 aromatic heterocycles. The van der Waals surface area contributed by atoms with Gasteiger partial charge in [-0.05, 0) is 67.3 Å². The largest absolute Gasteiger partial charge is 0.383 e. The Hall–Kier alpha value is -3.73. The summed E-state index contributed by atoms with van der Waals surface area (Å²) >= 11 is 0. The van der Waals surface area contributed by atoms with Crippen molar-refractivity contribution in [1.29, 1.82) is 0 Å². The van der Waals surface area contributed by atoms with Crippen molar-refractivity contribution in [2.45, 2.75) is 47.5 Å². The predicted octanol–water partition coefficient (Wildman–Crippen LogP) is 7.02. The van der Waals surface area contributed by atoms with Gasteiger partial charge in [-0.1, -0.05) is 58.1 Å². The highest BCUT2D eigenvalue weighted by molar-refractivity contribution is 5.85. The maximum atomic E-state index is 6.22. The number of aryl methyl sites for hydroxylation is 1. The van der Waals surface area contributed by atoms with Gasteiger partial charge in [0.2, 0.25) is 0 Å². The number of nitrogen functional groups attached to an aromatic ring is 1. The Labute approximate surface area is 196 Å². The van der Waals surface area contributed by atoms with Crippen LogP contribution in [0.15, 0.2) is 73.0 Å². The molecule has 0 saturated heterocycles. The zero-order valence-corrected chi connectivity index (χ0v) is 20.2. The van der Waals surface area contributed by atoms with E-state index in [1.54, 1.807) is 6.20 Å². The van der Waals surface area contributed by atoms with Crippen molar-refractivity contribution in [3.8, 4) is 17.1 Å². The molecule has 0 aliphatic carbocycles. The highest BCUT2D eigenvalue weighted by Crippen LogP contribution is 2.31. The molecule has 4 rings (SSSR count). The fraction of sp³-hybridized carbons (Fsp3) is 0.250. The molecule has 0 fully saturated rings. The van der Waals surface area contributed by atoms with Crippen molar-refractivity contribution in [2.24, 2.45) is 0 Å². The topological polar surface area (TPSA) is 69.6 Å². The quantitative estimate of drug-likeness (QED) is 0.328. The Kier molecular flexibility index (Phi) is 8.14. The molecule has 0 bridgehead atoms. The highest BCUT2D eigenvalue weighted by atomic mass is 15.1. The molecule has 4 aromatic rings. The van der Waals surface area contributed by atoms with Crippen molar-refractivity contribution >= 4 is 22.6 Å². The van der Waals surface area contributed by atoms with Crippen LogP contribution in [0.4, 0.5) is 5.82 Å². The minimum Gasteiger partial charge on any atom is -0.383 e. The molecule has 5 nitrogen and oxygen atoms in total. The number of imidazole rings is 1. The minimum atomic E-state index is 0.449. The van der Waals surface area contributed by atoms with E-state index in [2.05, 4.69) is 59.8 Å². The number of pyridine rings is 2. The number of anilines is 1. The molecule has 0 atom stereocenters. The Bertz CT molecular complexity index is 1260. The molecule has 1 aromatic carbocycles. The van der Waals surface area contributed by atoms with Crippen molar-refractivity contribution in [3.63, 3.8) is 0 Å². The molecular weight excluding hydrogens is 406 g/mol. The van der Waals surface area contributed by atoms with Crippen LogP contribution >= 0.6 is 0 Å². The first kappa shape index (κ1) is 23.9. The van der Waals surface area contributed by atoms with Crippen LogP contribution in [0.1, 0.15) is 52.3 Å². The van der Waals surface area contributed by atoms with Gasteiger partial charge in [0.25, 0.3) is 0 Å². The normalized spacial score (nSPS) is 11.6. The zero-order valence-electron chi connectivity index (χ0n) is 20.2. The molecule has 0 aliphatic heterocycles. The van der Waals surface area contributed by atoms with Crippen molar-refractivity contribution in [2.75, 3.05) is 5.73 Å². The summed E-state index contributed by atoms with van der Waals surface area (Å²) in [5.41, 5.74) is 12.9. The first-order valence-electron chi connectivity index (χ1n) is 11.7. The van der Waals surface area contributed by atoms with Crippen LogP contribution in [-0.2, 0) is 6.42 Å². The van der Waals surface area contributed by atoms with Gasteiger partial charge < -0.3 is 5.73 Å². The molecule has 170 valence electrons. The first-order valence-corrected chi connectivity index (χ1v) is 11.7. The number of nitrogens with zero attached hydrogens (tertiary/aromatic N) is 4. The second-order valence-electron chi connectivity index (χ2n) is 7.33. The van der Waals surface area contributed by atoms with E-state index in [1.165, 1.54) is 5.56 Å². The third-order valence-corrected chi connectivity index (χ3v) is 5.25. The lowest BCUT2D eigenvalue weighted by atomic mass is 10.1. The molecule has 0 unspecified atom stereocenters. The molecule has 0 radical (unpaired) electrons. The van der Waals surface area contributed by atoms with E-state index in [9.17, 15) is 0 Å². The smallest absolute Gasteiger partial charge is 0.165 e. The van der Waals surface area contributed by atoms with Gasteiger partial charge in [-0.25, -0.2) is 15.0 Å². The van der Waals surface area contributed by atoms with E-state index >= 15 is 0 Å². The highest BCUT2D eigenvalue weighted by Gasteiger charge is 2.18. The van der Waals surface area contributed by atoms with Crippen LogP contribution in [0, 0.1) is 0 Å². The number of nitrogens with two attached hydrogens (primary N) is 1. The van der Waals surface area contributed by atoms with Crippen LogP contribution in [-0.4, -0.2) is 19.5 Å². The number of aromatic nitrogens is 4. The SMILES string of the molecule is C/C=C\C(=C/CC)c1ccc2nc(-c3cccnc3N)n(-c3ccc(CC)cc3)c2n1.CC. The van der Waals surface area contributed by atoms with Gasteiger partial charge in [0.15, 0.2) is 11.5 Å². The number of allylic oxidation sites excluding steroid dienone is 4. The molecule has 2 N–H and O–H groups in total. The maximum Gasteiger partial charge on any atom is 0.165 e. The number of rotatable bonds is 6. The van der Waals surface area contributed by atoms with Crippen LogP contribution in [0.2, 0.25) is 0 Å². The van der Waals surface area contributed by atoms with Crippen molar-refractivity contribution < 1.29 is 0 Å². The van der Waals surface area contributed by atoms with Crippen molar-refractivity contribution in [1.82, 2.24) is 19.5 Å². The second-order valence-corrected chi connectivity index (χ2v) is 7.33. The molecule has 0 spiro atoms. The zero-order chi connectivity index (χ0) is 23.8. The lowest BCUT2D eigenvalue weighted by Crippen LogP contribution is -2.02. The first-order chi connectivity index (χ1) is 16.2. The lowest BCUT2D eigenvalue weighted by Gasteiger charge is -2.11. The maximum absolute atomic E-state index is 6.22. The number of hydrogen-bond acceptors (Lipinski definition) is 4. The average molecular weight is 440 g/mol. The Morgan fingerprint density at radius 3 is 2.39 bits per heavy atom. The summed E-state index contributed by atoms with van der Waals surface area (Å²) in [5, 5.41) is 0. The Morgan fingerprint density at radius 2 is 1.76 bits per heavy atom. The van der Waals surface area contributed by atoms with Gasteiger partial charge in [-0.2, -0.15) is 0 Å². The van der Waals surface area contributed by atoms with Crippen LogP contribution in [0.5, 0.6) is 0 Å². The van der Waals surface area contributed by atoms with E-state index < -0.39 is 0 Å². The molecule has 5 heteroatoms. The monoisotopic (exact) mass is 439 g/mol. The molecular formula is C28H33N5. The van der Waals surface area contributed by atoms with Crippen LogP contribution < -0.4 is 5.73 Å². The molecule has 3 heterocycles. The van der Waals surface area contributed by atoms with Crippen molar-refractivity contribution in [3.05, 3.63) is 84.2 Å². The molecule has 33 heavy (non-hydrogen) atoms. The van der Waals surface area contributed by atoms with Gasteiger partial charge in [-0.3, -0.25) is 4.57 Å². The standard InChI is InChI=1S/C26H27N5.C2H6/c1-4-8-19(9-5-2)22-15-16-23-26(29-22)31(20-13-11-18(6-3)12-14-20)25(30-23)21-10-7-17-28-24(21)27;1-2/h4,7-17H,5-6H2,1-3H3,(H2,27,28);1-2H3/b8-4-,19-9+;. The molecule has 0 amide bonds. The fourth-order valence-corrected chi connectivity index (χ4v) is 3.69. The minimum absolute atomic E-state index is 0.449. The van der Waals surface area contributed by atoms with Crippen LogP contribution in [0.25, 0.3) is 33.8 Å². The Balaban J connectivity index is 0.00000149.